The summed E-state index contributed by atoms with van der Waals surface area (Å²) in [7, 11) is 1.62. The van der Waals surface area contributed by atoms with Crippen LogP contribution in [0.4, 0.5) is 0 Å². The third-order valence-corrected chi connectivity index (χ3v) is 3.83. The van der Waals surface area contributed by atoms with Crippen LogP contribution in [-0.2, 0) is 43.9 Å². The van der Waals surface area contributed by atoms with Crippen molar-refractivity contribution in [2.24, 2.45) is 11.8 Å². The Kier molecular flexibility index (Phi) is 4.13. The Balaban J connectivity index is 0.00000120. The van der Waals surface area contributed by atoms with Crippen molar-refractivity contribution in [2.75, 3.05) is 7.11 Å². The van der Waals surface area contributed by atoms with Gasteiger partial charge in [0.1, 0.15) is 5.78 Å². The fourth-order valence-electron chi connectivity index (χ4n) is 3.05. The van der Waals surface area contributed by atoms with E-state index in [9.17, 15) is 4.79 Å². The molecule has 1 radical (unpaired) electrons. The van der Waals surface area contributed by atoms with E-state index in [0.717, 1.165) is 36.4 Å². The Morgan fingerprint density at radius 2 is 2.22 bits per heavy atom. The molecule has 1 fully saturated rings. The number of hydrogen-bond donors (Lipinski definition) is 0. The Labute approximate surface area is 133 Å². The molecule has 2 aliphatic rings. The normalized spacial score (nSPS) is 25.2. The summed E-state index contributed by atoms with van der Waals surface area (Å²) in [5.74, 6) is 2.75. The largest absolute Gasteiger partial charge is 0.482 e. The summed E-state index contributed by atoms with van der Waals surface area (Å²) < 4.78 is 5.15. The van der Waals surface area contributed by atoms with Gasteiger partial charge in [0.25, 0.3) is 0 Å². The number of Topliss-reactive ketones (excluding diaryl/α,β-unsaturated/α-hetero) is 1. The first-order valence-corrected chi connectivity index (χ1v) is 6.13. The van der Waals surface area contributed by atoms with Gasteiger partial charge in [-0.2, -0.15) is 11.6 Å². The number of carbonyl (C=O) groups excluding carboxylic acids is 1. The van der Waals surface area contributed by atoms with E-state index in [4.69, 9.17) is 4.74 Å². The number of fused-ring (bicyclic) bond motifs is 4. The van der Waals surface area contributed by atoms with Crippen LogP contribution in [0.15, 0.2) is 12.1 Å². The second kappa shape index (κ2) is 5.30. The summed E-state index contributed by atoms with van der Waals surface area (Å²) in [5.41, 5.74) is 2.09. The molecule has 3 rings (SSSR count). The van der Waals surface area contributed by atoms with Gasteiger partial charge in [0.2, 0.25) is 0 Å². The van der Waals surface area contributed by atoms with Crippen LogP contribution in [0.25, 0.3) is 0 Å². The number of aromatic nitrogens is 1. The quantitative estimate of drug-likeness (QED) is 0.745. The van der Waals surface area contributed by atoms with Crippen molar-refractivity contribution in [3.63, 3.8) is 0 Å². The number of methoxy groups -OCH3 is 1. The average molecular weight is 319 g/mol. The van der Waals surface area contributed by atoms with E-state index < -0.39 is 0 Å². The van der Waals surface area contributed by atoms with E-state index in [1.165, 1.54) is 0 Å². The standard InChI is InChI=1S/C14H16NO2.Y/c1-8-5-9-7-12-10(11(6-8)14(9)16)3-4-13(15-12)17-2;/h3-4,8-9H,5-7H2,1-2H3;/q-1;. The summed E-state index contributed by atoms with van der Waals surface area (Å²) in [4.78, 5) is 16.7. The molecule has 0 amide bonds. The molecule has 2 atom stereocenters. The number of carbonyl (C=O) groups is 1. The van der Waals surface area contributed by atoms with Crippen LogP contribution in [0, 0.1) is 17.8 Å². The number of nitrogens with zero attached hydrogens (tertiary/aromatic N) is 1. The third kappa shape index (κ3) is 2.23. The van der Waals surface area contributed by atoms with Gasteiger partial charge in [0.15, 0.2) is 5.88 Å². The van der Waals surface area contributed by atoms with E-state index in [1.54, 1.807) is 7.11 Å². The fraction of sp³-hybridized carbons (Fsp3) is 0.500. The van der Waals surface area contributed by atoms with Crippen molar-refractivity contribution >= 4 is 5.78 Å². The topological polar surface area (TPSA) is 39.2 Å². The Bertz CT molecular complexity index is 475. The van der Waals surface area contributed by atoms with Gasteiger partial charge in [-0.1, -0.05) is 25.1 Å². The monoisotopic (exact) mass is 319 g/mol. The zero-order valence-corrected chi connectivity index (χ0v) is 13.6. The molecule has 2 unspecified atom stereocenters. The maximum Gasteiger partial charge on any atom is 0.188 e. The van der Waals surface area contributed by atoms with E-state index in [-0.39, 0.29) is 38.6 Å². The maximum atomic E-state index is 12.2. The van der Waals surface area contributed by atoms with Gasteiger partial charge in [-0.15, -0.1) is 5.92 Å². The predicted molar refractivity (Wildman–Crippen MR) is 63.7 cm³/mol. The Morgan fingerprint density at radius 1 is 1.44 bits per heavy atom. The van der Waals surface area contributed by atoms with E-state index in [2.05, 4.69) is 11.9 Å². The molecule has 18 heavy (non-hydrogen) atoms. The second-order valence-electron chi connectivity index (χ2n) is 5.14. The molecular weight excluding hydrogens is 303 g/mol. The average Bonchev–Trinajstić information content (AvgIpc) is 2.31. The fourth-order valence-corrected chi connectivity index (χ4v) is 3.05. The van der Waals surface area contributed by atoms with Gasteiger partial charge in [-0.25, -0.2) is 0 Å². The molecule has 2 bridgehead atoms. The van der Waals surface area contributed by atoms with Crippen LogP contribution in [-0.4, -0.2) is 17.9 Å². The minimum Gasteiger partial charge on any atom is -0.482 e. The van der Waals surface area contributed by atoms with Gasteiger partial charge in [0.05, 0.1) is 7.11 Å². The zero-order chi connectivity index (χ0) is 12.0. The van der Waals surface area contributed by atoms with E-state index in [0.29, 0.717) is 17.6 Å². The van der Waals surface area contributed by atoms with Gasteiger partial charge >= 0.3 is 0 Å². The minimum absolute atomic E-state index is 0. The molecule has 0 N–H and O–H groups in total. The molecule has 2 aliphatic carbocycles. The van der Waals surface area contributed by atoms with Crippen LogP contribution in [0.2, 0.25) is 0 Å². The van der Waals surface area contributed by atoms with Gasteiger partial charge in [-0.05, 0) is 18.8 Å². The number of ketones is 1. The summed E-state index contributed by atoms with van der Waals surface area (Å²) in [5, 5.41) is 0. The molecule has 4 heteroatoms. The van der Waals surface area contributed by atoms with Crippen molar-refractivity contribution < 1.29 is 42.2 Å². The van der Waals surface area contributed by atoms with Crippen molar-refractivity contribution in [1.29, 1.82) is 0 Å². The molecule has 93 valence electrons. The number of hydrogen-bond acceptors (Lipinski definition) is 3. The smallest absolute Gasteiger partial charge is 0.188 e. The maximum absolute atomic E-state index is 12.2. The van der Waals surface area contributed by atoms with Gasteiger partial charge < -0.3 is 9.53 Å². The SMILES string of the molecule is COc1ccc2c(n1)CC1CC(C)C[C-]2C1=O.[Y]. The summed E-state index contributed by atoms with van der Waals surface area (Å²) in [6.07, 6.45) is 2.68. The molecule has 3 nitrogen and oxygen atoms in total. The number of rotatable bonds is 1. The van der Waals surface area contributed by atoms with Gasteiger partial charge in [0, 0.05) is 38.6 Å². The van der Waals surface area contributed by atoms with Crippen molar-refractivity contribution in [2.45, 2.75) is 26.2 Å². The molecule has 0 aromatic carbocycles. The molecule has 1 heterocycles. The molecule has 1 aromatic heterocycles. The minimum atomic E-state index is 0. The van der Waals surface area contributed by atoms with Crippen molar-refractivity contribution in [3.8, 4) is 5.88 Å². The zero-order valence-electron chi connectivity index (χ0n) is 10.8. The third-order valence-electron chi connectivity index (χ3n) is 3.83. The molecule has 0 aliphatic heterocycles. The first-order chi connectivity index (χ1) is 8.19. The van der Waals surface area contributed by atoms with Crippen LogP contribution >= 0.6 is 0 Å². The van der Waals surface area contributed by atoms with Gasteiger partial charge in [-0.3, -0.25) is 4.98 Å². The Hall–Kier alpha value is -0.406. The Morgan fingerprint density at radius 3 is 2.94 bits per heavy atom. The van der Waals surface area contributed by atoms with Crippen LogP contribution in [0.3, 0.4) is 0 Å². The van der Waals surface area contributed by atoms with Crippen LogP contribution in [0.5, 0.6) is 5.88 Å². The van der Waals surface area contributed by atoms with Crippen LogP contribution in [0.1, 0.15) is 31.0 Å². The first-order valence-electron chi connectivity index (χ1n) is 6.13. The number of ether oxygens (including phenoxy) is 1. The van der Waals surface area contributed by atoms with Crippen LogP contribution < -0.4 is 4.74 Å². The van der Waals surface area contributed by atoms with E-state index >= 15 is 0 Å². The summed E-state index contributed by atoms with van der Waals surface area (Å²) in [6, 6.07) is 3.83. The first kappa shape index (κ1) is 14.0. The summed E-state index contributed by atoms with van der Waals surface area (Å²) in [6.45, 7) is 2.22. The predicted octanol–water partition coefficient (Wildman–Crippen LogP) is 2.18. The molecular formula is C14H16NO2Y-. The van der Waals surface area contributed by atoms with Crippen molar-refractivity contribution in [1.82, 2.24) is 4.98 Å². The van der Waals surface area contributed by atoms with E-state index in [1.807, 2.05) is 12.1 Å². The molecule has 1 aromatic rings. The molecule has 1 saturated carbocycles. The molecule has 0 spiro atoms. The molecule has 0 saturated heterocycles. The summed E-state index contributed by atoms with van der Waals surface area (Å²) >= 11 is 0. The van der Waals surface area contributed by atoms with Crippen molar-refractivity contribution in [3.05, 3.63) is 29.3 Å². The number of pyridine rings is 1. The second-order valence-corrected chi connectivity index (χ2v) is 5.14.